The first kappa shape index (κ1) is 13.4. The van der Waals surface area contributed by atoms with E-state index in [4.69, 9.17) is 0 Å². The molecule has 0 bridgehead atoms. The van der Waals surface area contributed by atoms with Gasteiger partial charge in [0.1, 0.15) is 6.33 Å². The second-order valence-corrected chi connectivity index (χ2v) is 4.95. The van der Waals surface area contributed by atoms with Crippen LogP contribution in [-0.2, 0) is 0 Å². The lowest BCUT2D eigenvalue weighted by Gasteiger charge is -2.14. The quantitative estimate of drug-likeness (QED) is 0.469. The Morgan fingerprint density at radius 3 is 2.69 bits per heavy atom. The van der Waals surface area contributed by atoms with Crippen molar-refractivity contribution in [3.63, 3.8) is 0 Å². The Balaban J connectivity index is 2.37. The van der Waals surface area contributed by atoms with E-state index >= 15 is 0 Å². The third kappa shape index (κ3) is 4.46. The van der Waals surface area contributed by atoms with Gasteiger partial charge >= 0.3 is 0 Å². The summed E-state index contributed by atoms with van der Waals surface area (Å²) in [5.41, 5.74) is 0. The standard InChI is InChI=1S/C12H25B2N2/c1-4-6-8-13-15-10-11-16(12-15)14(3)9-7-5-2/h10-12,14H,4-9H2,1-3H3/q-1. The third-order valence-electron chi connectivity index (χ3n) is 3.35. The van der Waals surface area contributed by atoms with Gasteiger partial charge in [0, 0.05) is 0 Å². The average Bonchev–Trinajstić information content (AvgIpc) is 2.75. The highest BCUT2D eigenvalue weighted by Gasteiger charge is 2.03. The highest BCUT2D eigenvalue weighted by atomic mass is 15.0. The van der Waals surface area contributed by atoms with Crippen LogP contribution in [0.5, 0.6) is 0 Å². The summed E-state index contributed by atoms with van der Waals surface area (Å²) in [7, 11) is 2.28. The topological polar surface area (TPSA) is 8.81 Å². The zero-order valence-corrected chi connectivity index (χ0v) is 11.2. The van der Waals surface area contributed by atoms with Gasteiger partial charge in [-0.15, -0.1) is 6.32 Å². The molecule has 1 atom stereocenters. The first-order valence-corrected chi connectivity index (χ1v) is 6.97. The van der Waals surface area contributed by atoms with Crippen LogP contribution in [0.4, 0.5) is 0 Å². The summed E-state index contributed by atoms with van der Waals surface area (Å²) < 4.78 is 4.61. The molecular weight excluding hydrogens is 194 g/mol. The number of aromatic nitrogens is 2. The fraction of sp³-hybridized carbons (Fsp3) is 0.750. The second-order valence-electron chi connectivity index (χ2n) is 4.95. The number of hydrogen-bond acceptors (Lipinski definition) is 0. The van der Waals surface area contributed by atoms with E-state index in [1.165, 1.54) is 38.3 Å². The van der Waals surface area contributed by atoms with E-state index in [2.05, 4.69) is 55.8 Å². The molecule has 0 N–H and O–H groups in total. The van der Waals surface area contributed by atoms with Gasteiger partial charge in [-0.05, 0) is 0 Å². The molecule has 1 aromatic heterocycles. The Labute approximate surface area is 101 Å². The highest BCUT2D eigenvalue weighted by Crippen LogP contribution is 1.99. The molecule has 0 saturated heterocycles. The van der Waals surface area contributed by atoms with Crippen molar-refractivity contribution in [3.8, 4) is 0 Å². The Kier molecular flexibility index (Phi) is 6.36. The van der Waals surface area contributed by atoms with Gasteiger partial charge in [-0.1, -0.05) is 46.9 Å². The van der Waals surface area contributed by atoms with Crippen LogP contribution < -0.4 is 4.48 Å². The van der Waals surface area contributed by atoms with Crippen molar-refractivity contribution < 1.29 is 4.48 Å². The minimum atomic E-state index is -0.183. The Bertz CT molecular complexity index is 286. The number of rotatable bonds is 8. The molecule has 2 radical (unpaired) electrons. The van der Waals surface area contributed by atoms with Crippen LogP contribution in [0.3, 0.4) is 0 Å². The second kappa shape index (κ2) is 7.59. The highest BCUT2D eigenvalue weighted by molar-refractivity contribution is 6.47. The smallest absolute Gasteiger partial charge is 0.174 e. The van der Waals surface area contributed by atoms with Gasteiger partial charge in [0.15, 0.2) is 6.85 Å². The molecule has 90 valence electrons. The molecule has 4 heteroatoms. The van der Waals surface area contributed by atoms with Crippen molar-refractivity contribution in [2.75, 3.05) is 0 Å². The van der Waals surface area contributed by atoms with E-state index in [0.717, 1.165) is 0 Å². The molecule has 1 aromatic rings. The first-order chi connectivity index (χ1) is 7.77. The van der Waals surface area contributed by atoms with Crippen LogP contribution in [0.15, 0.2) is 18.7 Å². The lowest BCUT2D eigenvalue weighted by molar-refractivity contribution is -0.536. The maximum Gasteiger partial charge on any atom is 0.174 e. The van der Waals surface area contributed by atoms with Crippen molar-refractivity contribution >= 4 is 14.3 Å². The van der Waals surface area contributed by atoms with Crippen LogP contribution >= 0.6 is 0 Å². The molecule has 0 saturated carbocycles. The minimum absolute atomic E-state index is 0.183. The number of unbranched alkanes of at least 4 members (excludes halogenated alkanes) is 2. The zero-order valence-electron chi connectivity index (χ0n) is 11.2. The van der Waals surface area contributed by atoms with Gasteiger partial charge in [0.05, 0.1) is 12.4 Å². The predicted molar refractivity (Wildman–Crippen MR) is 73.6 cm³/mol. The molecular formula is C12H25B2N2-. The predicted octanol–water partition coefficient (Wildman–Crippen LogP) is 2.46. The molecule has 0 aliphatic heterocycles. The van der Waals surface area contributed by atoms with Crippen LogP contribution in [0.1, 0.15) is 39.5 Å². The summed E-state index contributed by atoms with van der Waals surface area (Å²) in [6, 6.07) is 0. The van der Waals surface area contributed by atoms with Crippen molar-refractivity contribution in [1.29, 1.82) is 0 Å². The molecule has 0 aliphatic rings. The van der Waals surface area contributed by atoms with Crippen LogP contribution in [0.25, 0.3) is 0 Å². The normalized spacial score (nSPS) is 12.9. The van der Waals surface area contributed by atoms with E-state index in [1.807, 2.05) is 0 Å². The summed E-state index contributed by atoms with van der Waals surface area (Å²) >= 11 is 0. The molecule has 1 unspecified atom stereocenters. The Hall–Kier alpha value is -0.660. The van der Waals surface area contributed by atoms with Crippen molar-refractivity contribution in [2.45, 2.75) is 59.0 Å². The number of hydrogen-bond donors (Lipinski definition) is 0. The Morgan fingerprint density at radius 2 is 2.00 bits per heavy atom. The fourth-order valence-electron chi connectivity index (χ4n) is 2.08. The summed E-state index contributed by atoms with van der Waals surface area (Å²) in [5, 5.41) is 0. The molecule has 0 aliphatic carbocycles. The van der Waals surface area contributed by atoms with Crippen LogP contribution in [0.2, 0.25) is 19.5 Å². The zero-order chi connectivity index (χ0) is 11.8. The van der Waals surface area contributed by atoms with Crippen LogP contribution in [-0.4, -0.2) is 18.7 Å². The van der Waals surface area contributed by atoms with Gasteiger partial charge < -0.3 is 8.96 Å². The average molecular weight is 219 g/mol. The molecule has 0 amide bonds. The van der Waals surface area contributed by atoms with Crippen molar-refractivity contribution in [2.24, 2.45) is 0 Å². The summed E-state index contributed by atoms with van der Waals surface area (Å²) in [4.78, 5) is 0. The number of nitrogens with zero attached hydrogens (tertiary/aromatic N) is 2. The molecule has 0 fully saturated rings. The molecule has 1 heterocycles. The number of imidazole rings is 1. The molecule has 0 spiro atoms. The molecule has 2 nitrogen and oxygen atoms in total. The molecule has 1 rings (SSSR count). The van der Waals surface area contributed by atoms with Gasteiger partial charge in [0.25, 0.3) is 0 Å². The third-order valence-corrected chi connectivity index (χ3v) is 3.35. The summed E-state index contributed by atoms with van der Waals surface area (Å²) in [6.07, 6.45) is 14.4. The Morgan fingerprint density at radius 1 is 1.25 bits per heavy atom. The largest absolute Gasteiger partial charge is 0.500 e. The van der Waals surface area contributed by atoms with E-state index in [1.54, 1.807) is 0 Å². The maximum absolute atomic E-state index is 2.40. The van der Waals surface area contributed by atoms with Gasteiger partial charge in [-0.3, -0.25) is 0 Å². The van der Waals surface area contributed by atoms with E-state index in [0.29, 0.717) is 0 Å². The van der Waals surface area contributed by atoms with Gasteiger partial charge in [-0.25, -0.2) is 0 Å². The van der Waals surface area contributed by atoms with Crippen molar-refractivity contribution in [3.05, 3.63) is 18.7 Å². The summed E-state index contributed by atoms with van der Waals surface area (Å²) in [5.74, 6) is 0. The lowest BCUT2D eigenvalue weighted by atomic mass is 9.60. The fourth-order valence-corrected chi connectivity index (χ4v) is 2.08. The SMILES string of the molecule is CCCC[B-]n1cc[n+]([BH-](C)CCCC)c1. The maximum atomic E-state index is 2.40. The van der Waals surface area contributed by atoms with E-state index in [-0.39, 0.29) is 6.85 Å². The lowest BCUT2D eigenvalue weighted by Crippen LogP contribution is -2.47. The van der Waals surface area contributed by atoms with Crippen LogP contribution in [0, 0.1) is 0 Å². The van der Waals surface area contributed by atoms with Crippen molar-refractivity contribution in [1.82, 2.24) is 4.48 Å². The first-order valence-electron chi connectivity index (χ1n) is 6.97. The van der Waals surface area contributed by atoms with Gasteiger partial charge in [0.2, 0.25) is 0 Å². The molecule has 16 heavy (non-hydrogen) atoms. The van der Waals surface area contributed by atoms with E-state index in [9.17, 15) is 0 Å². The van der Waals surface area contributed by atoms with Gasteiger partial charge in [-0.2, -0.15) is 13.1 Å². The summed E-state index contributed by atoms with van der Waals surface area (Å²) in [6.45, 7) is 6.70. The minimum Gasteiger partial charge on any atom is -0.500 e. The molecule has 0 aromatic carbocycles. The monoisotopic (exact) mass is 219 g/mol. The van der Waals surface area contributed by atoms with E-state index < -0.39 is 0 Å².